The monoisotopic (exact) mass is 350 g/mol. The summed E-state index contributed by atoms with van der Waals surface area (Å²) in [7, 11) is 5.26. The zero-order chi connectivity index (χ0) is 18.3. The van der Waals surface area contributed by atoms with E-state index in [-0.39, 0.29) is 11.9 Å². The van der Waals surface area contributed by atoms with Crippen LogP contribution in [0.3, 0.4) is 0 Å². The van der Waals surface area contributed by atoms with Crippen LogP contribution in [0.2, 0.25) is 0 Å². The fourth-order valence-electron chi connectivity index (χ4n) is 3.75. The molecule has 1 heterocycles. The van der Waals surface area contributed by atoms with Gasteiger partial charge in [-0.05, 0) is 60.4 Å². The van der Waals surface area contributed by atoms with Crippen molar-refractivity contribution in [2.75, 3.05) is 14.2 Å². The lowest BCUT2D eigenvalue weighted by molar-refractivity contribution is 0.0937. The van der Waals surface area contributed by atoms with Gasteiger partial charge in [-0.25, -0.2) is 0 Å². The van der Waals surface area contributed by atoms with Gasteiger partial charge in [0.15, 0.2) is 11.5 Å². The van der Waals surface area contributed by atoms with Crippen molar-refractivity contribution in [3.63, 3.8) is 0 Å². The lowest BCUT2D eigenvalue weighted by atomic mass is 10.1. The van der Waals surface area contributed by atoms with E-state index < -0.39 is 0 Å². The van der Waals surface area contributed by atoms with Gasteiger partial charge in [0.2, 0.25) is 0 Å². The third-order valence-corrected chi connectivity index (χ3v) is 5.18. The minimum Gasteiger partial charge on any atom is -0.493 e. The molecule has 1 aromatic heterocycles. The van der Waals surface area contributed by atoms with Crippen molar-refractivity contribution in [3.8, 4) is 11.5 Å². The number of hydrogen-bond donors (Lipinski definition) is 1. The summed E-state index contributed by atoms with van der Waals surface area (Å²) in [6, 6.07) is 11.8. The second-order valence-corrected chi connectivity index (χ2v) is 6.67. The fraction of sp³-hybridized carbons (Fsp3) is 0.286. The Bertz CT molecular complexity index is 990. The summed E-state index contributed by atoms with van der Waals surface area (Å²) in [6.07, 6.45) is 3.79. The maximum absolute atomic E-state index is 12.8. The van der Waals surface area contributed by atoms with E-state index in [0.29, 0.717) is 11.3 Å². The predicted molar refractivity (Wildman–Crippen MR) is 101 cm³/mol. The van der Waals surface area contributed by atoms with E-state index in [1.807, 2.05) is 54.2 Å². The highest BCUT2D eigenvalue weighted by Gasteiger charge is 2.26. The standard InChI is InChI=1S/C21H22N2O3/c1-23-9-8-14-10-15(5-7-18(14)23)21(24)22-17-6-4-13-11-19(25-2)20(26-3)12-16(13)17/h5,7-12,17H,4,6H2,1-3H3,(H,22,24)/t17-/m0/s1. The number of benzene rings is 2. The largest absolute Gasteiger partial charge is 0.493 e. The van der Waals surface area contributed by atoms with Crippen LogP contribution in [0.1, 0.15) is 33.9 Å². The van der Waals surface area contributed by atoms with Crippen LogP contribution in [-0.2, 0) is 13.5 Å². The van der Waals surface area contributed by atoms with Gasteiger partial charge in [0, 0.05) is 29.7 Å². The Kier molecular flexibility index (Phi) is 4.07. The molecule has 1 aliphatic carbocycles. The number of fused-ring (bicyclic) bond motifs is 2. The summed E-state index contributed by atoms with van der Waals surface area (Å²) >= 11 is 0. The summed E-state index contributed by atoms with van der Waals surface area (Å²) in [5, 5.41) is 4.24. The van der Waals surface area contributed by atoms with Crippen molar-refractivity contribution in [1.82, 2.24) is 9.88 Å². The zero-order valence-corrected chi connectivity index (χ0v) is 15.2. The van der Waals surface area contributed by atoms with E-state index in [2.05, 4.69) is 5.32 Å². The summed E-state index contributed by atoms with van der Waals surface area (Å²) in [5.74, 6) is 1.37. The van der Waals surface area contributed by atoms with Crippen LogP contribution in [0.5, 0.6) is 11.5 Å². The van der Waals surface area contributed by atoms with Gasteiger partial charge < -0.3 is 19.4 Å². The minimum atomic E-state index is -0.0524. The summed E-state index contributed by atoms with van der Waals surface area (Å²) in [6.45, 7) is 0. The second kappa shape index (κ2) is 6.41. The number of aromatic nitrogens is 1. The first kappa shape index (κ1) is 16.5. The predicted octanol–water partition coefficient (Wildman–Crippen LogP) is 3.61. The van der Waals surface area contributed by atoms with Gasteiger partial charge in [-0.15, -0.1) is 0 Å². The van der Waals surface area contributed by atoms with E-state index in [9.17, 15) is 4.79 Å². The van der Waals surface area contributed by atoms with Crippen molar-refractivity contribution in [2.45, 2.75) is 18.9 Å². The molecule has 1 atom stereocenters. The molecule has 5 heteroatoms. The number of carbonyl (C=O) groups is 1. The quantitative estimate of drug-likeness (QED) is 0.782. The van der Waals surface area contributed by atoms with Gasteiger partial charge >= 0.3 is 0 Å². The Labute approximate surface area is 152 Å². The molecule has 0 unspecified atom stereocenters. The number of ether oxygens (including phenoxy) is 2. The molecule has 4 rings (SSSR count). The second-order valence-electron chi connectivity index (χ2n) is 6.67. The maximum Gasteiger partial charge on any atom is 0.251 e. The molecule has 1 aliphatic rings. The van der Waals surface area contributed by atoms with Crippen LogP contribution in [-0.4, -0.2) is 24.7 Å². The van der Waals surface area contributed by atoms with Crippen LogP contribution in [0.15, 0.2) is 42.6 Å². The lowest BCUT2D eigenvalue weighted by Crippen LogP contribution is -2.27. The van der Waals surface area contributed by atoms with Crippen LogP contribution >= 0.6 is 0 Å². The topological polar surface area (TPSA) is 52.5 Å². The normalized spacial score (nSPS) is 15.7. The van der Waals surface area contributed by atoms with Crippen LogP contribution in [0, 0.1) is 0 Å². The van der Waals surface area contributed by atoms with E-state index in [1.54, 1.807) is 14.2 Å². The van der Waals surface area contributed by atoms with Crippen LogP contribution in [0.4, 0.5) is 0 Å². The molecule has 1 amide bonds. The third-order valence-electron chi connectivity index (χ3n) is 5.18. The number of methoxy groups -OCH3 is 2. The van der Waals surface area contributed by atoms with Crippen molar-refractivity contribution >= 4 is 16.8 Å². The molecule has 3 aromatic rings. The smallest absolute Gasteiger partial charge is 0.251 e. The lowest BCUT2D eigenvalue weighted by Gasteiger charge is -2.16. The molecule has 0 aliphatic heterocycles. The zero-order valence-electron chi connectivity index (χ0n) is 15.2. The van der Waals surface area contributed by atoms with E-state index in [0.717, 1.165) is 35.1 Å². The van der Waals surface area contributed by atoms with Crippen LogP contribution < -0.4 is 14.8 Å². The first-order valence-electron chi connectivity index (χ1n) is 8.71. The van der Waals surface area contributed by atoms with Gasteiger partial charge in [-0.1, -0.05) is 0 Å². The molecule has 1 N–H and O–H groups in total. The van der Waals surface area contributed by atoms with Gasteiger partial charge in [-0.3, -0.25) is 4.79 Å². The first-order valence-corrected chi connectivity index (χ1v) is 8.71. The summed E-state index contributed by atoms with van der Waals surface area (Å²) < 4.78 is 12.8. The average molecular weight is 350 g/mol. The number of amides is 1. The Balaban J connectivity index is 1.59. The Morgan fingerprint density at radius 3 is 2.65 bits per heavy atom. The first-order chi connectivity index (χ1) is 12.6. The van der Waals surface area contributed by atoms with E-state index in [1.165, 1.54) is 5.56 Å². The minimum absolute atomic E-state index is 0.0104. The molecule has 26 heavy (non-hydrogen) atoms. The number of carbonyl (C=O) groups excluding carboxylic acids is 1. The molecule has 0 saturated carbocycles. The highest BCUT2D eigenvalue weighted by atomic mass is 16.5. The van der Waals surface area contributed by atoms with E-state index in [4.69, 9.17) is 9.47 Å². The van der Waals surface area contributed by atoms with E-state index >= 15 is 0 Å². The van der Waals surface area contributed by atoms with Crippen LogP contribution in [0.25, 0.3) is 10.9 Å². The number of aryl methyl sites for hydroxylation is 2. The SMILES string of the molecule is COc1cc2c(cc1OC)[C@@H](NC(=O)c1ccc3c(ccn3C)c1)CC2. The van der Waals surface area contributed by atoms with Gasteiger partial charge in [0.1, 0.15) is 0 Å². The number of nitrogens with one attached hydrogen (secondary N) is 1. The Morgan fingerprint density at radius 2 is 1.88 bits per heavy atom. The van der Waals surface area contributed by atoms with Crippen molar-refractivity contribution in [1.29, 1.82) is 0 Å². The number of nitrogens with zero attached hydrogens (tertiary/aromatic N) is 1. The molecule has 0 saturated heterocycles. The maximum atomic E-state index is 12.8. The molecule has 2 aromatic carbocycles. The highest BCUT2D eigenvalue weighted by molar-refractivity contribution is 5.98. The Hall–Kier alpha value is -2.95. The molecule has 0 spiro atoms. The van der Waals surface area contributed by atoms with Crippen molar-refractivity contribution in [2.24, 2.45) is 7.05 Å². The molecule has 5 nitrogen and oxygen atoms in total. The van der Waals surface area contributed by atoms with Crippen molar-refractivity contribution in [3.05, 3.63) is 59.3 Å². The van der Waals surface area contributed by atoms with Crippen molar-refractivity contribution < 1.29 is 14.3 Å². The van der Waals surface area contributed by atoms with Gasteiger partial charge in [0.25, 0.3) is 5.91 Å². The summed E-state index contributed by atoms with van der Waals surface area (Å²) in [5.41, 5.74) is 4.10. The fourth-order valence-corrected chi connectivity index (χ4v) is 3.75. The molecular weight excluding hydrogens is 328 g/mol. The molecule has 134 valence electrons. The number of rotatable bonds is 4. The molecule has 0 radical (unpaired) electrons. The van der Waals surface area contributed by atoms with Gasteiger partial charge in [-0.2, -0.15) is 0 Å². The molecular formula is C21H22N2O3. The average Bonchev–Trinajstić information content (AvgIpc) is 3.23. The van der Waals surface area contributed by atoms with Gasteiger partial charge in [0.05, 0.1) is 20.3 Å². The molecule has 0 bridgehead atoms. The number of hydrogen-bond acceptors (Lipinski definition) is 3. The Morgan fingerprint density at radius 1 is 1.12 bits per heavy atom. The third kappa shape index (κ3) is 2.69. The molecule has 0 fully saturated rings. The highest BCUT2D eigenvalue weighted by Crippen LogP contribution is 2.39. The summed E-state index contributed by atoms with van der Waals surface area (Å²) in [4.78, 5) is 12.8.